The van der Waals surface area contributed by atoms with Gasteiger partial charge in [-0.3, -0.25) is 0 Å². The molecule has 0 bridgehead atoms. The molecule has 94 valence electrons. The molecule has 0 aliphatic rings. The van der Waals surface area contributed by atoms with Crippen molar-refractivity contribution in [2.45, 2.75) is 53.4 Å². The molecule has 0 rings (SSSR count). The fourth-order valence-electron chi connectivity index (χ4n) is 1.91. The van der Waals surface area contributed by atoms with E-state index in [1.165, 1.54) is 0 Å². The summed E-state index contributed by atoms with van der Waals surface area (Å²) in [7, 11) is 0. The first-order chi connectivity index (χ1) is 7.20. The first-order valence-corrected chi connectivity index (χ1v) is 5.63. The van der Waals surface area contributed by atoms with Crippen molar-refractivity contribution in [3.63, 3.8) is 0 Å². The summed E-state index contributed by atoms with van der Waals surface area (Å²) in [6.07, 6.45) is 2.32. The van der Waals surface area contributed by atoms with Crippen LogP contribution in [0.15, 0.2) is 0 Å². The summed E-state index contributed by atoms with van der Waals surface area (Å²) in [5.41, 5.74) is -2.82. The van der Waals surface area contributed by atoms with Crippen molar-refractivity contribution in [1.29, 1.82) is 0 Å². The Kier molecular flexibility index (Phi) is 9.15. The zero-order chi connectivity index (χ0) is 13.0. The molecular weight excluding hydrogens is 345 g/mol. The molecule has 0 radical (unpaired) electrons. The van der Waals surface area contributed by atoms with Crippen molar-refractivity contribution in [2.75, 3.05) is 0 Å². The van der Waals surface area contributed by atoms with Crippen LogP contribution < -0.4 is 10.2 Å². The van der Waals surface area contributed by atoms with Crippen LogP contribution in [0, 0.1) is 10.8 Å². The smallest absolute Gasteiger partial charge is 0.549 e. The predicted molar refractivity (Wildman–Crippen MR) is 61.8 cm³/mol. The Hall–Kier alpha value is 0.511. The summed E-state index contributed by atoms with van der Waals surface area (Å²) in [4.78, 5) is 22.3. The number of hydrogen-bond acceptors (Lipinski definition) is 4. The first-order valence-electron chi connectivity index (χ1n) is 5.63. The zero-order valence-corrected chi connectivity index (χ0v) is 15.6. The minimum absolute atomic E-state index is 0. The molecule has 0 spiro atoms. The van der Waals surface area contributed by atoms with Crippen molar-refractivity contribution in [2.24, 2.45) is 10.8 Å². The number of unbranched alkanes of at least 4 members (excludes halogenated alkanes) is 2. The molecule has 0 aromatic heterocycles. The molecule has 0 aromatic rings. The van der Waals surface area contributed by atoms with Gasteiger partial charge in [0.15, 0.2) is 0 Å². The average Bonchev–Trinajstić information content (AvgIpc) is 2.08. The number of carbonyl (C=O) groups excluding carboxylic acids is 2. The van der Waals surface area contributed by atoms with E-state index in [1.807, 2.05) is 6.92 Å². The maximum atomic E-state index is 11.2. The maximum absolute atomic E-state index is 11.2. The Labute approximate surface area is 143 Å². The third kappa shape index (κ3) is 4.59. The molecule has 0 fully saturated rings. The molecule has 0 amide bonds. The van der Waals surface area contributed by atoms with Crippen LogP contribution in [0.4, 0.5) is 0 Å². The summed E-state index contributed by atoms with van der Waals surface area (Å²) >= 11 is 0. The Morgan fingerprint density at radius 2 is 1.41 bits per heavy atom. The van der Waals surface area contributed by atoms with Gasteiger partial charge >= 0.3 is 48.9 Å². The minimum Gasteiger partial charge on any atom is -0.549 e. The van der Waals surface area contributed by atoms with E-state index in [4.69, 9.17) is 0 Å². The maximum Gasteiger partial charge on any atom is 2.00 e. The van der Waals surface area contributed by atoms with Crippen LogP contribution >= 0.6 is 0 Å². The molecule has 0 aliphatic heterocycles. The largest absolute Gasteiger partial charge is 2.00 e. The molecule has 0 heterocycles. The van der Waals surface area contributed by atoms with Crippen LogP contribution in [0.5, 0.6) is 0 Å². The van der Waals surface area contributed by atoms with E-state index in [-0.39, 0.29) is 55.3 Å². The molecule has 0 aliphatic carbocycles. The molecule has 4 nitrogen and oxygen atoms in total. The molecule has 0 N–H and O–H groups in total. The third-order valence-corrected chi connectivity index (χ3v) is 3.13. The van der Waals surface area contributed by atoms with Gasteiger partial charge in [-0.15, -0.1) is 0 Å². The van der Waals surface area contributed by atoms with Crippen LogP contribution in [0.25, 0.3) is 0 Å². The van der Waals surface area contributed by atoms with E-state index in [9.17, 15) is 19.8 Å². The van der Waals surface area contributed by atoms with Crippen LogP contribution in [0.1, 0.15) is 53.4 Å². The van der Waals surface area contributed by atoms with E-state index in [0.29, 0.717) is 6.42 Å². The van der Waals surface area contributed by atoms with Gasteiger partial charge in [-0.05, 0) is 11.8 Å². The van der Waals surface area contributed by atoms with E-state index < -0.39 is 22.8 Å². The quantitative estimate of drug-likeness (QED) is 0.368. The SMILES string of the molecule is CCCCCC(C(=O)[O-])(C(=O)[O-])C(C)(C)C.[Ba+2]. The Bertz CT molecular complexity index is 254. The third-order valence-electron chi connectivity index (χ3n) is 3.13. The van der Waals surface area contributed by atoms with Crippen molar-refractivity contribution >= 4 is 60.8 Å². The predicted octanol–water partition coefficient (Wildman–Crippen LogP) is -0.282. The topological polar surface area (TPSA) is 80.3 Å². The molecule has 0 saturated heterocycles. The molecule has 0 saturated carbocycles. The normalized spacial score (nSPS) is 11.8. The van der Waals surface area contributed by atoms with E-state index in [2.05, 4.69) is 0 Å². The van der Waals surface area contributed by atoms with Crippen LogP contribution in [-0.4, -0.2) is 60.8 Å². The Balaban J connectivity index is 0. The van der Waals surface area contributed by atoms with Gasteiger partial charge in [0.2, 0.25) is 0 Å². The van der Waals surface area contributed by atoms with Gasteiger partial charge in [0, 0.05) is 0 Å². The number of aliphatic carboxylic acids is 2. The number of carboxylic acids is 2. The van der Waals surface area contributed by atoms with Gasteiger partial charge in [-0.2, -0.15) is 0 Å². The van der Waals surface area contributed by atoms with Crippen LogP contribution in [0.2, 0.25) is 0 Å². The van der Waals surface area contributed by atoms with Gasteiger partial charge in [0.05, 0.1) is 17.4 Å². The number of carbonyl (C=O) groups is 2. The number of carboxylic acid groups (broad SMARTS) is 2. The minimum atomic E-state index is -1.90. The molecule has 5 heteroatoms. The Morgan fingerprint density at radius 3 is 1.65 bits per heavy atom. The molecule has 0 atom stereocenters. The summed E-state index contributed by atoms with van der Waals surface area (Å²) in [5, 5.41) is 22.3. The molecule has 0 unspecified atom stereocenters. The van der Waals surface area contributed by atoms with Gasteiger partial charge in [0.25, 0.3) is 0 Å². The summed E-state index contributed by atoms with van der Waals surface area (Å²) < 4.78 is 0. The van der Waals surface area contributed by atoms with Crippen molar-refractivity contribution in [1.82, 2.24) is 0 Å². The standard InChI is InChI=1S/C12H22O4.Ba/c1-5-6-7-8-12(9(13)14,10(15)16)11(2,3)4;/h5-8H2,1-4H3,(H,13,14)(H,15,16);/q;+2/p-2. The summed E-state index contributed by atoms with van der Waals surface area (Å²) in [5.74, 6) is -3.09. The van der Waals surface area contributed by atoms with E-state index in [0.717, 1.165) is 12.8 Å². The van der Waals surface area contributed by atoms with Gasteiger partial charge in [0.1, 0.15) is 0 Å². The first kappa shape index (κ1) is 19.8. The number of rotatable bonds is 6. The van der Waals surface area contributed by atoms with Crippen molar-refractivity contribution in [3.05, 3.63) is 0 Å². The second kappa shape index (κ2) is 7.84. The van der Waals surface area contributed by atoms with Crippen LogP contribution in [0.3, 0.4) is 0 Å². The second-order valence-corrected chi connectivity index (χ2v) is 5.19. The average molecular weight is 366 g/mol. The van der Waals surface area contributed by atoms with Crippen LogP contribution in [-0.2, 0) is 9.59 Å². The summed E-state index contributed by atoms with van der Waals surface area (Å²) in [6.45, 7) is 6.73. The summed E-state index contributed by atoms with van der Waals surface area (Å²) in [6, 6.07) is 0. The van der Waals surface area contributed by atoms with Crippen molar-refractivity contribution < 1.29 is 19.8 Å². The fraction of sp³-hybridized carbons (Fsp3) is 0.833. The fourth-order valence-corrected chi connectivity index (χ4v) is 1.91. The van der Waals surface area contributed by atoms with Crippen molar-refractivity contribution in [3.8, 4) is 0 Å². The second-order valence-electron chi connectivity index (χ2n) is 5.19. The van der Waals surface area contributed by atoms with Gasteiger partial charge in [-0.1, -0.05) is 47.0 Å². The van der Waals surface area contributed by atoms with E-state index >= 15 is 0 Å². The molecule has 17 heavy (non-hydrogen) atoms. The molecular formula is C12H20BaO4. The van der Waals surface area contributed by atoms with Gasteiger partial charge < -0.3 is 19.8 Å². The van der Waals surface area contributed by atoms with Gasteiger partial charge in [-0.25, -0.2) is 0 Å². The zero-order valence-electron chi connectivity index (χ0n) is 11.2. The monoisotopic (exact) mass is 366 g/mol. The Morgan fingerprint density at radius 1 is 1.00 bits per heavy atom. The number of hydrogen-bond donors (Lipinski definition) is 0. The van der Waals surface area contributed by atoms with E-state index in [1.54, 1.807) is 20.8 Å². The molecule has 0 aromatic carbocycles.